The van der Waals surface area contributed by atoms with Crippen molar-refractivity contribution in [3.05, 3.63) is 84.3 Å². The van der Waals surface area contributed by atoms with Gasteiger partial charge in [0.25, 0.3) is 5.69 Å². The van der Waals surface area contributed by atoms with Gasteiger partial charge in [0.05, 0.1) is 21.6 Å². The summed E-state index contributed by atoms with van der Waals surface area (Å²) < 4.78 is 0. The molecular formula is C24H21N3O5S2. The minimum absolute atomic E-state index is 0.0423. The molecule has 0 aliphatic carbocycles. The highest BCUT2D eigenvalue weighted by Gasteiger charge is 2.56. The Balaban J connectivity index is 1.59. The summed E-state index contributed by atoms with van der Waals surface area (Å²) in [5, 5.41) is 10.9. The van der Waals surface area contributed by atoms with Crippen molar-refractivity contribution in [3.63, 3.8) is 0 Å². The van der Waals surface area contributed by atoms with E-state index in [9.17, 15) is 24.5 Å². The summed E-state index contributed by atoms with van der Waals surface area (Å²) in [6, 6.07) is 13.4. The van der Waals surface area contributed by atoms with E-state index in [1.807, 2.05) is 24.3 Å². The number of anilines is 1. The topological polar surface area (TPSA) is 113 Å². The molecule has 1 N–H and O–H groups in total. The molecule has 3 atom stereocenters. The number of rotatable bonds is 3. The zero-order valence-electron chi connectivity index (χ0n) is 18.6. The highest BCUT2D eigenvalue weighted by Crippen LogP contribution is 2.53. The van der Waals surface area contributed by atoms with Gasteiger partial charge in [0, 0.05) is 22.9 Å². The number of non-ortho nitro benzene ring substituents is 1. The molecule has 0 spiro atoms. The van der Waals surface area contributed by atoms with Gasteiger partial charge in [-0.3, -0.25) is 24.5 Å². The van der Waals surface area contributed by atoms with Crippen molar-refractivity contribution in [2.45, 2.75) is 42.4 Å². The summed E-state index contributed by atoms with van der Waals surface area (Å²) in [7, 11) is 0. The van der Waals surface area contributed by atoms with Crippen molar-refractivity contribution >= 4 is 46.3 Å². The molecule has 0 saturated carbocycles. The number of aromatic nitrogens is 1. The average Bonchev–Trinajstić information content (AvgIpc) is 3.28. The maximum Gasteiger partial charge on any atom is 0.305 e. The second-order valence-electron chi connectivity index (χ2n) is 9.41. The zero-order valence-corrected chi connectivity index (χ0v) is 20.2. The van der Waals surface area contributed by atoms with Gasteiger partial charge < -0.3 is 4.98 Å². The quantitative estimate of drug-likeness (QED) is 0.327. The predicted octanol–water partition coefficient (Wildman–Crippen LogP) is 4.44. The Morgan fingerprint density at radius 1 is 0.971 bits per heavy atom. The lowest BCUT2D eigenvalue weighted by Crippen LogP contribution is -2.32. The van der Waals surface area contributed by atoms with Gasteiger partial charge in [-0.2, -0.15) is 0 Å². The van der Waals surface area contributed by atoms with Crippen LogP contribution in [-0.2, 0) is 15.0 Å². The summed E-state index contributed by atoms with van der Waals surface area (Å²) in [5.41, 5.74) is 2.15. The number of amides is 2. The molecule has 3 heterocycles. The van der Waals surface area contributed by atoms with Crippen molar-refractivity contribution in [3.8, 4) is 0 Å². The zero-order chi connectivity index (χ0) is 24.4. The molecule has 1 saturated heterocycles. The van der Waals surface area contributed by atoms with Crippen LogP contribution in [0.4, 0.5) is 11.4 Å². The number of fused-ring (bicyclic) bond motifs is 2. The number of carbonyl (C=O) groups is 2. The molecule has 8 nitrogen and oxygen atoms in total. The van der Waals surface area contributed by atoms with Crippen LogP contribution in [-0.4, -0.2) is 27.0 Å². The van der Waals surface area contributed by atoms with Gasteiger partial charge in [0.1, 0.15) is 5.25 Å². The maximum absolute atomic E-state index is 13.7. The fraction of sp³-hybridized carbons (Fsp3) is 0.292. The number of nitrogens with one attached hydrogen (secondary N) is 1. The minimum Gasteiger partial charge on any atom is -0.307 e. The van der Waals surface area contributed by atoms with Crippen molar-refractivity contribution in [2.24, 2.45) is 5.92 Å². The summed E-state index contributed by atoms with van der Waals surface area (Å²) in [6.07, 6.45) is 0. The van der Waals surface area contributed by atoms with E-state index in [1.54, 1.807) is 0 Å². The van der Waals surface area contributed by atoms with Crippen LogP contribution < -0.4 is 9.77 Å². The predicted molar refractivity (Wildman–Crippen MR) is 131 cm³/mol. The Morgan fingerprint density at radius 2 is 1.62 bits per heavy atom. The van der Waals surface area contributed by atoms with Crippen LogP contribution in [0.1, 0.15) is 42.7 Å². The molecule has 0 unspecified atom stereocenters. The number of nitro groups is 1. The van der Waals surface area contributed by atoms with E-state index in [4.69, 9.17) is 0 Å². The first-order valence-electron chi connectivity index (χ1n) is 10.7. The summed E-state index contributed by atoms with van der Waals surface area (Å²) >= 11 is 2.28. The van der Waals surface area contributed by atoms with Gasteiger partial charge in [0.2, 0.25) is 11.8 Å². The Kier molecular flexibility index (Phi) is 5.25. The second-order valence-corrected chi connectivity index (χ2v) is 11.6. The highest BCUT2D eigenvalue weighted by molar-refractivity contribution is 8.00. The third-order valence-electron chi connectivity index (χ3n) is 6.28. The number of aromatic amines is 1. The fourth-order valence-electron chi connectivity index (χ4n) is 4.54. The number of nitrogens with zero attached hydrogens (tertiary/aromatic N) is 2. The van der Waals surface area contributed by atoms with E-state index in [0.29, 0.717) is 10.7 Å². The van der Waals surface area contributed by atoms with Gasteiger partial charge in [-0.25, -0.2) is 4.90 Å². The van der Waals surface area contributed by atoms with Gasteiger partial charge in [-0.1, -0.05) is 68.1 Å². The Bertz CT molecular complexity index is 1370. The monoisotopic (exact) mass is 495 g/mol. The number of hydrogen-bond donors (Lipinski definition) is 1. The first kappa shape index (κ1) is 22.5. The smallest absolute Gasteiger partial charge is 0.305 e. The Labute approximate surface area is 203 Å². The molecule has 2 amide bonds. The molecule has 2 aliphatic heterocycles. The molecule has 0 radical (unpaired) electrons. The average molecular weight is 496 g/mol. The van der Waals surface area contributed by atoms with E-state index in [1.165, 1.54) is 36.0 Å². The van der Waals surface area contributed by atoms with Crippen molar-refractivity contribution in [2.75, 3.05) is 4.90 Å². The Hall–Kier alpha value is -3.24. The third-order valence-corrected chi connectivity index (χ3v) is 8.68. The van der Waals surface area contributed by atoms with E-state index in [0.717, 1.165) is 32.2 Å². The lowest BCUT2D eigenvalue weighted by Gasteiger charge is -2.30. The van der Waals surface area contributed by atoms with E-state index < -0.39 is 22.0 Å². The third kappa shape index (κ3) is 3.57. The number of benzene rings is 2. The van der Waals surface area contributed by atoms with Crippen molar-refractivity contribution < 1.29 is 14.5 Å². The minimum atomic E-state index is -0.701. The van der Waals surface area contributed by atoms with Crippen LogP contribution in [0.25, 0.3) is 0 Å². The second kappa shape index (κ2) is 7.92. The van der Waals surface area contributed by atoms with E-state index >= 15 is 0 Å². The van der Waals surface area contributed by atoms with Crippen LogP contribution in [0, 0.1) is 16.0 Å². The molecular weight excluding hydrogens is 474 g/mol. The first-order chi connectivity index (χ1) is 16.1. The molecule has 5 rings (SSSR count). The van der Waals surface area contributed by atoms with Crippen LogP contribution >= 0.6 is 23.1 Å². The van der Waals surface area contributed by atoms with Crippen LogP contribution in [0.3, 0.4) is 0 Å². The normalized spacial score (nSPS) is 22.0. The fourth-order valence-corrected chi connectivity index (χ4v) is 7.06. The molecule has 1 fully saturated rings. The summed E-state index contributed by atoms with van der Waals surface area (Å²) in [5.74, 6) is -1.89. The van der Waals surface area contributed by atoms with Crippen LogP contribution in [0.2, 0.25) is 0 Å². The lowest BCUT2D eigenvalue weighted by atomic mass is 9.81. The van der Waals surface area contributed by atoms with E-state index in [2.05, 4.69) is 25.8 Å². The number of nitro benzene ring substituents is 1. The molecule has 3 aromatic rings. The molecule has 10 heteroatoms. The number of thiazole rings is 1. The van der Waals surface area contributed by atoms with Crippen LogP contribution in [0.15, 0.2) is 58.4 Å². The number of carbonyl (C=O) groups excluding carboxylic acids is 2. The lowest BCUT2D eigenvalue weighted by molar-refractivity contribution is -0.384. The molecule has 34 heavy (non-hydrogen) atoms. The maximum atomic E-state index is 13.7. The van der Waals surface area contributed by atoms with Crippen LogP contribution in [0.5, 0.6) is 0 Å². The van der Waals surface area contributed by atoms with Crippen molar-refractivity contribution in [1.82, 2.24) is 4.98 Å². The SMILES string of the molecule is CC(C)(C)c1ccc([C@@H]2c3sc(=O)[nH]c3S[C@H]3C(=O)N(c4ccc([N+](=O)[O-])cc4)C(=O)[C@@H]23)cc1. The standard InChI is InChI=1S/C24H21N3O5S2/c1-24(2,3)13-6-4-12(5-7-13)16-17-19(33-20-18(16)34-23(30)25-20)22(29)26(21(17)28)14-8-10-15(11-9-14)27(31)32/h4-11,16-17,19H,1-3H3,(H,25,30)/t16-,17-,19+/m0/s1. The van der Waals surface area contributed by atoms with Gasteiger partial charge in [-0.05, 0) is 28.7 Å². The van der Waals surface area contributed by atoms with E-state index in [-0.39, 0.29) is 27.8 Å². The molecule has 0 bridgehead atoms. The molecule has 174 valence electrons. The number of hydrogen-bond acceptors (Lipinski definition) is 7. The largest absolute Gasteiger partial charge is 0.307 e. The summed E-state index contributed by atoms with van der Waals surface area (Å²) in [4.78, 5) is 54.2. The number of thioether (sulfide) groups is 1. The van der Waals surface area contributed by atoms with Gasteiger partial charge in [-0.15, -0.1) is 0 Å². The van der Waals surface area contributed by atoms with Crippen molar-refractivity contribution in [1.29, 1.82) is 0 Å². The highest BCUT2D eigenvalue weighted by atomic mass is 32.2. The summed E-state index contributed by atoms with van der Waals surface area (Å²) in [6.45, 7) is 6.35. The molecule has 2 aromatic carbocycles. The van der Waals surface area contributed by atoms with Gasteiger partial charge in [0.15, 0.2) is 0 Å². The number of imide groups is 1. The molecule has 2 aliphatic rings. The number of H-pyrrole nitrogens is 1. The van der Waals surface area contributed by atoms with Gasteiger partial charge >= 0.3 is 4.87 Å². The Morgan fingerprint density at radius 3 is 2.21 bits per heavy atom. The molecule has 1 aromatic heterocycles. The first-order valence-corrected chi connectivity index (χ1v) is 12.4.